The van der Waals surface area contributed by atoms with Gasteiger partial charge in [0.2, 0.25) is 0 Å². The van der Waals surface area contributed by atoms with E-state index < -0.39 is 0 Å². The molecule has 0 fully saturated rings. The molecule has 0 atom stereocenters. The smallest absolute Gasteiger partial charge is 0.512 e. The van der Waals surface area contributed by atoms with Crippen molar-refractivity contribution in [2.45, 2.75) is 6.92 Å². The second-order valence-electron chi connectivity index (χ2n) is 0.354. The first-order valence-electron chi connectivity index (χ1n) is 1.08. The van der Waals surface area contributed by atoms with E-state index in [1.54, 1.807) is 6.92 Å². The van der Waals surface area contributed by atoms with Crippen LogP contribution in [0.2, 0.25) is 0 Å². The Morgan fingerprint density at radius 1 is 1.57 bits per heavy atom. The van der Waals surface area contributed by atoms with Crippen LogP contribution in [0.3, 0.4) is 0 Å². The van der Waals surface area contributed by atoms with E-state index in [2.05, 4.69) is 12.7 Å². The summed E-state index contributed by atoms with van der Waals surface area (Å²) in [6.45, 7) is 9.75. The van der Waals surface area contributed by atoms with Crippen LogP contribution in [-0.2, 0) is 17.1 Å². The van der Waals surface area contributed by atoms with E-state index in [9.17, 15) is 0 Å². The summed E-state index contributed by atoms with van der Waals surface area (Å²) < 4.78 is 0. The third-order valence-corrected chi connectivity index (χ3v) is 0. The maximum absolute atomic E-state index is 6.25. The standard InChI is InChI=1S/C3H5.CN.Cu.Li/c1-3-2;1-2;;/h1H2,2H3;;;/q2*-1;2*+1. The summed E-state index contributed by atoms with van der Waals surface area (Å²) in [6.07, 6.45) is 2.50. The van der Waals surface area contributed by atoms with Crippen LogP contribution in [0.5, 0.6) is 0 Å². The van der Waals surface area contributed by atoms with Gasteiger partial charge in [-0.3, -0.25) is 6.58 Å². The van der Waals surface area contributed by atoms with Gasteiger partial charge in [0.25, 0.3) is 0 Å². The van der Waals surface area contributed by atoms with E-state index in [0.717, 1.165) is 0 Å². The predicted octanol–water partition coefficient (Wildman–Crippen LogP) is -1.91. The van der Waals surface area contributed by atoms with Crippen molar-refractivity contribution in [2.75, 3.05) is 0 Å². The van der Waals surface area contributed by atoms with Crippen molar-refractivity contribution in [3.63, 3.8) is 0 Å². The second-order valence-corrected chi connectivity index (χ2v) is 0.354. The van der Waals surface area contributed by atoms with E-state index in [4.69, 9.17) is 11.8 Å². The van der Waals surface area contributed by atoms with Crippen LogP contribution in [0.15, 0.2) is 6.58 Å². The Labute approximate surface area is 67.4 Å². The quantitative estimate of drug-likeness (QED) is 0.283. The summed E-state index contributed by atoms with van der Waals surface area (Å²) >= 11 is 0. The Hall–Kier alpha value is 0.347. The Balaban J connectivity index is -0.0000000105. The van der Waals surface area contributed by atoms with Gasteiger partial charge in [0, 0.05) is 0 Å². The first-order chi connectivity index (χ1) is 2.41. The third-order valence-electron chi connectivity index (χ3n) is 0. The maximum atomic E-state index is 6.25. The molecule has 0 amide bonds. The first-order valence-corrected chi connectivity index (χ1v) is 1.08. The fourth-order valence-electron chi connectivity index (χ4n) is 0. The summed E-state index contributed by atoms with van der Waals surface area (Å²) in [5.74, 6) is 0. The zero-order valence-corrected chi connectivity index (χ0v) is 5.40. The SMILES string of the molecule is C=[C-]C.[C-]#N.[Cu+].[Li+]. The molecule has 0 heterocycles. The van der Waals surface area contributed by atoms with Crippen LogP contribution in [0, 0.1) is 17.9 Å². The number of nitrogens with zero attached hydrogens (tertiary/aromatic N) is 1. The van der Waals surface area contributed by atoms with Crippen molar-refractivity contribution >= 4 is 0 Å². The minimum absolute atomic E-state index is 0. The van der Waals surface area contributed by atoms with Gasteiger partial charge in [-0.1, -0.05) is 0 Å². The van der Waals surface area contributed by atoms with Crippen molar-refractivity contribution in [3.8, 4) is 0 Å². The monoisotopic (exact) mass is 137 g/mol. The third kappa shape index (κ3) is 997. The topological polar surface area (TPSA) is 23.8 Å². The van der Waals surface area contributed by atoms with Gasteiger partial charge in [-0.2, -0.15) is 6.92 Å². The van der Waals surface area contributed by atoms with Crippen LogP contribution >= 0.6 is 0 Å². The van der Waals surface area contributed by atoms with Gasteiger partial charge in [-0.25, -0.2) is 0 Å². The molecular weight excluding hydrogens is 133 g/mol. The fraction of sp³-hybridized carbons (Fsp3) is 0.250. The van der Waals surface area contributed by atoms with E-state index in [1.807, 2.05) is 0 Å². The molecule has 0 rings (SSSR count). The first kappa shape index (κ1) is 26.4. The van der Waals surface area contributed by atoms with Gasteiger partial charge < -0.3 is 17.9 Å². The average Bonchev–Trinajstić information content (AvgIpc) is 1.46. The number of rotatable bonds is 0. The molecule has 0 aromatic heterocycles. The second kappa shape index (κ2) is 100. The summed E-state index contributed by atoms with van der Waals surface area (Å²) in [5, 5.41) is 6.25. The van der Waals surface area contributed by atoms with Gasteiger partial charge in [-0.15, -0.1) is 0 Å². The van der Waals surface area contributed by atoms with E-state index in [-0.39, 0.29) is 35.9 Å². The molecule has 0 bridgehead atoms. The van der Waals surface area contributed by atoms with Gasteiger partial charge >= 0.3 is 35.9 Å². The van der Waals surface area contributed by atoms with Crippen molar-refractivity contribution in [1.82, 2.24) is 0 Å². The fourth-order valence-corrected chi connectivity index (χ4v) is 0. The van der Waals surface area contributed by atoms with Crippen LogP contribution < -0.4 is 18.9 Å². The van der Waals surface area contributed by atoms with E-state index >= 15 is 0 Å². The maximum Gasteiger partial charge on any atom is 1.00 e. The van der Waals surface area contributed by atoms with Gasteiger partial charge in [-0.05, 0) is 0 Å². The molecule has 0 N–H and O–H groups in total. The molecular formula is C4H5CuLiN. The summed E-state index contributed by atoms with van der Waals surface area (Å²) in [7, 11) is 0. The number of hydrogen-bond donors (Lipinski definition) is 0. The predicted molar refractivity (Wildman–Crippen MR) is 19.5 cm³/mol. The molecule has 0 aliphatic heterocycles. The van der Waals surface area contributed by atoms with Crippen LogP contribution in [-0.4, -0.2) is 0 Å². The van der Waals surface area contributed by atoms with Crippen LogP contribution in [0.4, 0.5) is 0 Å². The molecule has 38 valence electrons. The zero-order chi connectivity index (χ0) is 4.71. The number of hydrogen-bond acceptors (Lipinski definition) is 1. The molecule has 1 nitrogen and oxygen atoms in total. The molecule has 0 saturated carbocycles. The minimum Gasteiger partial charge on any atom is -0.512 e. The van der Waals surface area contributed by atoms with Crippen LogP contribution in [0.25, 0.3) is 0 Å². The van der Waals surface area contributed by atoms with Crippen molar-refractivity contribution in [2.24, 2.45) is 0 Å². The van der Waals surface area contributed by atoms with Crippen molar-refractivity contribution in [3.05, 3.63) is 19.2 Å². The molecule has 0 aromatic rings. The van der Waals surface area contributed by atoms with Crippen molar-refractivity contribution < 1.29 is 35.9 Å². The molecule has 0 aliphatic rings. The minimum atomic E-state index is 0. The molecule has 0 spiro atoms. The largest absolute Gasteiger partial charge is 1.00 e. The summed E-state index contributed by atoms with van der Waals surface area (Å²) in [5.41, 5.74) is 0. The van der Waals surface area contributed by atoms with Gasteiger partial charge in [0.05, 0.1) is 0 Å². The average molecular weight is 138 g/mol. The van der Waals surface area contributed by atoms with E-state index in [1.165, 1.54) is 0 Å². The molecule has 3 heteroatoms. The molecule has 0 unspecified atom stereocenters. The molecule has 0 saturated heterocycles. The van der Waals surface area contributed by atoms with Crippen LogP contribution in [0.1, 0.15) is 6.92 Å². The molecule has 0 aromatic carbocycles. The summed E-state index contributed by atoms with van der Waals surface area (Å²) in [6, 6.07) is 0. The van der Waals surface area contributed by atoms with Gasteiger partial charge in [0.15, 0.2) is 0 Å². The molecule has 0 radical (unpaired) electrons. The zero-order valence-electron chi connectivity index (χ0n) is 4.46. The number of allylic oxidation sites excluding steroid dienone is 1. The Kier molecular flexibility index (Phi) is 378. The van der Waals surface area contributed by atoms with E-state index in [0.29, 0.717) is 0 Å². The molecule has 7 heavy (non-hydrogen) atoms. The summed E-state index contributed by atoms with van der Waals surface area (Å²) in [4.78, 5) is 0. The van der Waals surface area contributed by atoms with Gasteiger partial charge in [0.1, 0.15) is 0 Å². The Morgan fingerprint density at radius 3 is 1.57 bits per heavy atom. The molecule has 0 aliphatic carbocycles. The van der Waals surface area contributed by atoms with Crippen molar-refractivity contribution in [1.29, 1.82) is 5.26 Å². The Morgan fingerprint density at radius 2 is 1.57 bits per heavy atom. The Bertz CT molecular complexity index is 35.9. The normalized spacial score (nSPS) is 2.14.